The summed E-state index contributed by atoms with van der Waals surface area (Å²) in [4.78, 5) is 23.5. The highest BCUT2D eigenvalue weighted by Gasteiger charge is 2.28. The fourth-order valence-corrected chi connectivity index (χ4v) is 3.84. The van der Waals surface area contributed by atoms with Crippen molar-refractivity contribution in [2.45, 2.75) is 32.2 Å². The van der Waals surface area contributed by atoms with E-state index in [1.54, 1.807) is 37.5 Å². The third-order valence-electron chi connectivity index (χ3n) is 5.37. The third-order valence-corrected chi connectivity index (χ3v) is 5.37. The summed E-state index contributed by atoms with van der Waals surface area (Å²) in [6.07, 6.45) is 9.40. The van der Waals surface area contributed by atoms with Gasteiger partial charge >= 0.3 is 0 Å². The minimum absolute atomic E-state index is 0.0139. The van der Waals surface area contributed by atoms with Crippen molar-refractivity contribution < 1.29 is 9.90 Å². The van der Waals surface area contributed by atoms with Crippen molar-refractivity contribution in [3.05, 3.63) is 77.6 Å². The normalized spacial score (nSPS) is 16.9. The zero-order chi connectivity index (χ0) is 19.5. The summed E-state index contributed by atoms with van der Waals surface area (Å²) in [5.41, 5.74) is 2.51. The molecule has 6 heteroatoms. The summed E-state index contributed by atoms with van der Waals surface area (Å²) in [5.74, 6) is 1.47. The van der Waals surface area contributed by atoms with Crippen molar-refractivity contribution in [3.8, 4) is 5.75 Å². The lowest BCUT2D eigenvalue weighted by molar-refractivity contribution is 0.0703. The largest absolute Gasteiger partial charge is 0.508 e. The van der Waals surface area contributed by atoms with Crippen molar-refractivity contribution in [1.29, 1.82) is 0 Å². The summed E-state index contributed by atoms with van der Waals surface area (Å²) in [6.45, 7) is 3.97. The van der Waals surface area contributed by atoms with E-state index in [1.165, 1.54) is 5.56 Å². The molecule has 6 nitrogen and oxygen atoms in total. The maximum Gasteiger partial charge on any atom is 0.253 e. The number of benzene rings is 1. The first kappa shape index (κ1) is 18.2. The molecule has 1 aliphatic rings. The van der Waals surface area contributed by atoms with Crippen molar-refractivity contribution in [3.63, 3.8) is 0 Å². The molecular formula is C22H24N4O2. The Kier molecular flexibility index (Phi) is 5.10. The lowest BCUT2D eigenvalue weighted by atomic mass is 9.96. The first-order valence-corrected chi connectivity index (χ1v) is 9.60. The molecule has 0 aliphatic carbocycles. The van der Waals surface area contributed by atoms with Crippen LogP contribution in [0.4, 0.5) is 0 Å². The quantitative estimate of drug-likeness (QED) is 0.758. The van der Waals surface area contributed by atoms with E-state index in [-0.39, 0.29) is 17.6 Å². The Hall–Kier alpha value is -3.15. The van der Waals surface area contributed by atoms with Crippen molar-refractivity contribution >= 4 is 5.91 Å². The molecule has 1 amide bonds. The maximum absolute atomic E-state index is 13.0. The van der Waals surface area contributed by atoms with Crippen molar-refractivity contribution in [2.75, 3.05) is 13.1 Å². The molecule has 1 saturated heterocycles. The van der Waals surface area contributed by atoms with Crippen LogP contribution in [0.5, 0.6) is 5.75 Å². The number of aromatic hydroxyl groups is 1. The highest BCUT2D eigenvalue weighted by Crippen LogP contribution is 2.28. The summed E-state index contributed by atoms with van der Waals surface area (Å²) < 4.78 is 2.17. The van der Waals surface area contributed by atoms with Gasteiger partial charge in [0.15, 0.2) is 0 Å². The van der Waals surface area contributed by atoms with Gasteiger partial charge in [-0.3, -0.25) is 9.78 Å². The molecule has 1 aliphatic heterocycles. The van der Waals surface area contributed by atoms with Gasteiger partial charge < -0.3 is 14.6 Å². The van der Waals surface area contributed by atoms with Gasteiger partial charge in [-0.25, -0.2) is 4.98 Å². The lowest BCUT2D eigenvalue weighted by Gasteiger charge is -2.33. The van der Waals surface area contributed by atoms with Crippen LogP contribution < -0.4 is 0 Å². The molecule has 0 spiro atoms. The van der Waals surface area contributed by atoms with Gasteiger partial charge in [-0.15, -0.1) is 0 Å². The number of phenolic OH excluding ortho intramolecular Hbond substituents is 1. The molecule has 0 unspecified atom stereocenters. The smallest absolute Gasteiger partial charge is 0.253 e. The number of carbonyl (C=O) groups excluding carboxylic acids is 1. The van der Waals surface area contributed by atoms with Crippen LogP contribution in [0.2, 0.25) is 0 Å². The first-order valence-electron chi connectivity index (χ1n) is 9.60. The number of phenols is 1. The van der Waals surface area contributed by atoms with Gasteiger partial charge in [0.1, 0.15) is 11.6 Å². The highest BCUT2D eigenvalue weighted by atomic mass is 16.3. The number of pyridine rings is 1. The maximum atomic E-state index is 13.0. The minimum Gasteiger partial charge on any atom is -0.508 e. The molecule has 28 heavy (non-hydrogen) atoms. The van der Waals surface area contributed by atoms with Crippen LogP contribution in [0, 0.1) is 6.92 Å². The van der Waals surface area contributed by atoms with Gasteiger partial charge in [0, 0.05) is 55.9 Å². The third kappa shape index (κ3) is 3.76. The number of likely N-dealkylation sites (tertiary alicyclic amines) is 1. The second-order valence-corrected chi connectivity index (χ2v) is 7.36. The molecular weight excluding hydrogens is 352 g/mol. The number of amides is 1. The molecule has 2 aromatic heterocycles. The van der Waals surface area contributed by atoms with E-state index in [9.17, 15) is 9.90 Å². The van der Waals surface area contributed by atoms with Crippen LogP contribution in [-0.2, 0) is 6.54 Å². The van der Waals surface area contributed by atoms with E-state index in [2.05, 4.69) is 14.5 Å². The molecule has 1 fully saturated rings. The SMILES string of the molecule is Cc1cc(C(=O)N2CCC[C@@H](c3nccn3Cc3ccncc3)C2)ccc1O. The number of rotatable bonds is 4. The van der Waals surface area contributed by atoms with Crippen molar-refractivity contribution in [2.24, 2.45) is 0 Å². The predicted molar refractivity (Wildman–Crippen MR) is 106 cm³/mol. The van der Waals surface area contributed by atoms with Crippen LogP contribution >= 0.6 is 0 Å². The van der Waals surface area contributed by atoms with E-state index < -0.39 is 0 Å². The van der Waals surface area contributed by atoms with Gasteiger partial charge in [-0.1, -0.05) is 0 Å². The predicted octanol–water partition coefficient (Wildman–Crippen LogP) is 3.36. The molecule has 144 valence electrons. The van der Waals surface area contributed by atoms with Gasteiger partial charge in [-0.2, -0.15) is 0 Å². The van der Waals surface area contributed by atoms with E-state index in [0.717, 1.165) is 31.8 Å². The fraction of sp³-hybridized carbons (Fsp3) is 0.318. The Morgan fingerprint density at radius 3 is 2.82 bits per heavy atom. The number of imidazole rings is 1. The molecule has 0 saturated carbocycles. The van der Waals surface area contributed by atoms with E-state index in [4.69, 9.17) is 0 Å². The first-order chi connectivity index (χ1) is 13.6. The van der Waals surface area contributed by atoms with Crippen LogP contribution in [0.3, 0.4) is 0 Å². The van der Waals surface area contributed by atoms with Gasteiger partial charge in [0.2, 0.25) is 0 Å². The fourth-order valence-electron chi connectivity index (χ4n) is 3.84. The number of hydrogen-bond acceptors (Lipinski definition) is 4. The molecule has 0 bridgehead atoms. The minimum atomic E-state index is 0.0139. The summed E-state index contributed by atoms with van der Waals surface area (Å²) >= 11 is 0. The number of aromatic nitrogens is 3. The molecule has 1 N–H and O–H groups in total. The lowest BCUT2D eigenvalue weighted by Crippen LogP contribution is -2.39. The van der Waals surface area contributed by atoms with E-state index in [0.29, 0.717) is 17.7 Å². The summed E-state index contributed by atoms with van der Waals surface area (Å²) in [7, 11) is 0. The molecule has 1 aromatic carbocycles. The van der Waals surface area contributed by atoms with Gasteiger partial charge in [0.25, 0.3) is 5.91 Å². The number of nitrogens with zero attached hydrogens (tertiary/aromatic N) is 4. The Bertz CT molecular complexity index is 968. The standard InChI is InChI=1S/C22H24N4O2/c1-16-13-18(4-5-20(16)27)22(28)26-11-2-3-19(15-26)21-24-10-12-25(21)14-17-6-8-23-9-7-17/h4-10,12-13,19,27H,2-3,11,14-15H2,1H3/t19-/m1/s1. The monoisotopic (exact) mass is 376 g/mol. The average molecular weight is 376 g/mol. The zero-order valence-electron chi connectivity index (χ0n) is 16.0. The van der Waals surface area contributed by atoms with Crippen LogP contribution in [0.1, 0.15) is 46.1 Å². The molecule has 3 heterocycles. The number of aryl methyl sites for hydroxylation is 1. The topological polar surface area (TPSA) is 71.2 Å². The average Bonchev–Trinajstić information content (AvgIpc) is 3.18. The Morgan fingerprint density at radius 2 is 2.04 bits per heavy atom. The Balaban J connectivity index is 1.51. The number of hydrogen-bond donors (Lipinski definition) is 1. The molecule has 0 radical (unpaired) electrons. The van der Waals surface area contributed by atoms with Crippen LogP contribution in [-0.4, -0.2) is 43.5 Å². The summed E-state index contributed by atoms with van der Waals surface area (Å²) in [5, 5.41) is 9.71. The molecule has 4 rings (SSSR count). The summed E-state index contributed by atoms with van der Waals surface area (Å²) in [6, 6.07) is 9.05. The molecule has 3 aromatic rings. The number of piperidine rings is 1. The van der Waals surface area contributed by atoms with E-state index in [1.807, 2.05) is 29.4 Å². The van der Waals surface area contributed by atoms with E-state index >= 15 is 0 Å². The zero-order valence-corrected chi connectivity index (χ0v) is 16.0. The number of carbonyl (C=O) groups is 1. The van der Waals surface area contributed by atoms with Crippen LogP contribution in [0.15, 0.2) is 55.1 Å². The second kappa shape index (κ2) is 7.84. The van der Waals surface area contributed by atoms with Crippen molar-refractivity contribution in [1.82, 2.24) is 19.4 Å². The highest BCUT2D eigenvalue weighted by molar-refractivity contribution is 5.94. The Labute approximate surface area is 164 Å². The second-order valence-electron chi connectivity index (χ2n) is 7.36. The van der Waals surface area contributed by atoms with Gasteiger partial charge in [-0.05, 0) is 61.2 Å². The Morgan fingerprint density at radius 1 is 1.21 bits per heavy atom. The van der Waals surface area contributed by atoms with Crippen LogP contribution in [0.25, 0.3) is 0 Å². The van der Waals surface area contributed by atoms with Gasteiger partial charge in [0.05, 0.1) is 0 Å². The molecule has 1 atom stereocenters.